The minimum absolute atomic E-state index is 0.261. The SMILES string of the molecule is O=C(O)C1CCCCN1C(c1ccc(Cl)cc1)c1ccc(Cl)cc1Cl. The molecule has 0 aromatic heterocycles. The number of hydrogen-bond acceptors (Lipinski definition) is 2. The van der Waals surface area contributed by atoms with E-state index in [2.05, 4.69) is 0 Å². The Balaban J connectivity index is 2.10. The van der Waals surface area contributed by atoms with Crippen LogP contribution in [-0.2, 0) is 4.79 Å². The number of piperidine rings is 1. The van der Waals surface area contributed by atoms with Gasteiger partial charge in [-0.15, -0.1) is 0 Å². The smallest absolute Gasteiger partial charge is 0.320 e. The Bertz CT molecular complexity index is 764. The van der Waals surface area contributed by atoms with Gasteiger partial charge in [0.05, 0.1) is 6.04 Å². The van der Waals surface area contributed by atoms with Crippen molar-refractivity contribution in [2.24, 2.45) is 0 Å². The lowest BCUT2D eigenvalue weighted by Gasteiger charge is -2.40. The van der Waals surface area contributed by atoms with E-state index >= 15 is 0 Å². The van der Waals surface area contributed by atoms with Crippen molar-refractivity contribution in [2.75, 3.05) is 6.54 Å². The van der Waals surface area contributed by atoms with E-state index < -0.39 is 12.0 Å². The molecule has 0 bridgehead atoms. The molecule has 1 heterocycles. The van der Waals surface area contributed by atoms with Gasteiger partial charge in [-0.3, -0.25) is 9.69 Å². The predicted octanol–water partition coefficient (Wildman–Crippen LogP) is 5.68. The number of aliphatic carboxylic acids is 1. The number of carbonyl (C=O) groups is 1. The van der Waals surface area contributed by atoms with Crippen LogP contribution in [0.5, 0.6) is 0 Å². The van der Waals surface area contributed by atoms with Gasteiger partial charge in [0.1, 0.15) is 6.04 Å². The molecular formula is C19H18Cl3NO2. The third kappa shape index (κ3) is 4.12. The number of carboxylic acids is 1. The van der Waals surface area contributed by atoms with Gasteiger partial charge < -0.3 is 5.11 Å². The van der Waals surface area contributed by atoms with Crippen LogP contribution in [0.4, 0.5) is 0 Å². The van der Waals surface area contributed by atoms with Gasteiger partial charge in [-0.05, 0) is 54.8 Å². The van der Waals surface area contributed by atoms with Crippen LogP contribution >= 0.6 is 34.8 Å². The molecule has 0 saturated carbocycles. The number of benzene rings is 2. The van der Waals surface area contributed by atoms with Crippen molar-refractivity contribution < 1.29 is 9.90 Å². The topological polar surface area (TPSA) is 40.5 Å². The first-order valence-electron chi connectivity index (χ1n) is 8.16. The fourth-order valence-electron chi connectivity index (χ4n) is 3.45. The van der Waals surface area contributed by atoms with Crippen molar-refractivity contribution in [3.05, 3.63) is 68.7 Å². The summed E-state index contributed by atoms with van der Waals surface area (Å²) in [5, 5.41) is 11.4. The number of halogens is 3. The van der Waals surface area contributed by atoms with E-state index in [-0.39, 0.29) is 6.04 Å². The van der Waals surface area contributed by atoms with Gasteiger partial charge in [-0.25, -0.2) is 0 Å². The minimum atomic E-state index is -0.802. The highest BCUT2D eigenvalue weighted by Gasteiger charge is 2.35. The zero-order valence-corrected chi connectivity index (χ0v) is 15.7. The molecule has 0 aliphatic carbocycles. The van der Waals surface area contributed by atoms with Crippen LogP contribution in [0.2, 0.25) is 15.1 Å². The maximum Gasteiger partial charge on any atom is 0.320 e. The molecule has 1 fully saturated rings. The van der Waals surface area contributed by atoms with Crippen molar-refractivity contribution in [2.45, 2.75) is 31.3 Å². The Morgan fingerprint density at radius 1 is 1.04 bits per heavy atom. The molecule has 2 atom stereocenters. The molecule has 1 saturated heterocycles. The molecule has 1 aliphatic rings. The molecule has 0 radical (unpaired) electrons. The Morgan fingerprint density at radius 3 is 2.36 bits per heavy atom. The van der Waals surface area contributed by atoms with Crippen LogP contribution in [0.3, 0.4) is 0 Å². The van der Waals surface area contributed by atoms with E-state index in [9.17, 15) is 9.90 Å². The summed E-state index contributed by atoms with van der Waals surface area (Å²) >= 11 is 18.5. The Morgan fingerprint density at radius 2 is 1.72 bits per heavy atom. The number of nitrogens with zero attached hydrogens (tertiary/aromatic N) is 1. The van der Waals surface area contributed by atoms with Crippen LogP contribution in [0, 0.1) is 0 Å². The van der Waals surface area contributed by atoms with Gasteiger partial charge in [0.15, 0.2) is 0 Å². The van der Waals surface area contributed by atoms with E-state index in [0.717, 1.165) is 24.0 Å². The maximum absolute atomic E-state index is 11.8. The van der Waals surface area contributed by atoms with Crippen LogP contribution < -0.4 is 0 Å². The van der Waals surface area contributed by atoms with Crippen molar-refractivity contribution >= 4 is 40.8 Å². The third-order valence-electron chi connectivity index (χ3n) is 4.60. The van der Waals surface area contributed by atoms with Gasteiger partial charge in [-0.2, -0.15) is 0 Å². The molecule has 1 aliphatic heterocycles. The number of likely N-dealkylation sites (tertiary alicyclic amines) is 1. The molecule has 2 aromatic rings. The molecular weight excluding hydrogens is 381 g/mol. The zero-order chi connectivity index (χ0) is 18.0. The molecule has 3 rings (SSSR count). The fraction of sp³-hybridized carbons (Fsp3) is 0.316. The number of rotatable bonds is 4. The van der Waals surface area contributed by atoms with Crippen LogP contribution in [0.1, 0.15) is 36.4 Å². The number of carboxylic acid groups (broad SMARTS) is 1. The first-order chi connectivity index (χ1) is 12.0. The second-order valence-corrected chi connectivity index (χ2v) is 7.49. The minimum Gasteiger partial charge on any atom is -0.480 e. The molecule has 6 heteroatoms. The highest BCUT2D eigenvalue weighted by atomic mass is 35.5. The largest absolute Gasteiger partial charge is 0.480 e. The monoisotopic (exact) mass is 397 g/mol. The lowest BCUT2D eigenvalue weighted by atomic mass is 9.91. The van der Waals surface area contributed by atoms with Crippen LogP contribution in [0.15, 0.2) is 42.5 Å². The highest BCUT2D eigenvalue weighted by Crippen LogP contribution is 2.38. The van der Waals surface area contributed by atoms with Crippen LogP contribution in [0.25, 0.3) is 0 Å². The van der Waals surface area contributed by atoms with Crippen molar-refractivity contribution in [1.82, 2.24) is 4.90 Å². The van der Waals surface area contributed by atoms with Crippen molar-refractivity contribution in [3.63, 3.8) is 0 Å². The normalized spacial score (nSPS) is 19.6. The second-order valence-electron chi connectivity index (χ2n) is 6.21. The third-order valence-corrected chi connectivity index (χ3v) is 5.42. The fourth-order valence-corrected chi connectivity index (χ4v) is 4.08. The highest BCUT2D eigenvalue weighted by molar-refractivity contribution is 6.35. The van der Waals surface area contributed by atoms with E-state index in [1.165, 1.54) is 0 Å². The van der Waals surface area contributed by atoms with Gasteiger partial charge in [0.2, 0.25) is 0 Å². The first-order valence-corrected chi connectivity index (χ1v) is 9.29. The molecule has 0 amide bonds. The zero-order valence-electron chi connectivity index (χ0n) is 13.5. The van der Waals surface area contributed by atoms with E-state index in [1.807, 2.05) is 35.2 Å². The molecule has 2 unspecified atom stereocenters. The summed E-state index contributed by atoms with van der Waals surface area (Å²) in [5.41, 5.74) is 1.81. The van der Waals surface area contributed by atoms with E-state index in [4.69, 9.17) is 34.8 Å². The van der Waals surface area contributed by atoms with E-state index in [0.29, 0.717) is 28.0 Å². The number of hydrogen-bond donors (Lipinski definition) is 1. The molecule has 3 nitrogen and oxygen atoms in total. The summed E-state index contributed by atoms with van der Waals surface area (Å²) < 4.78 is 0. The molecule has 25 heavy (non-hydrogen) atoms. The standard InChI is InChI=1S/C19H18Cl3NO2/c20-13-6-4-12(5-7-13)18(15-9-8-14(21)11-16(15)22)23-10-2-1-3-17(23)19(24)25/h4-9,11,17-18H,1-3,10H2,(H,24,25). The van der Waals surface area contributed by atoms with Gasteiger partial charge in [0, 0.05) is 15.1 Å². The van der Waals surface area contributed by atoms with Crippen molar-refractivity contribution in [1.29, 1.82) is 0 Å². The lowest BCUT2D eigenvalue weighted by molar-refractivity contribution is -0.145. The summed E-state index contributed by atoms with van der Waals surface area (Å²) in [6.07, 6.45) is 2.50. The average Bonchev–Trinajstić information content (AvgIpc) is 2.59. The first kappa shape index (κ1) is 18.5. The molecule has 0 spiro atoms. The Kier molecular flexibility index (Phi) is 5.90. The summed E-state index contributed by atoms with van der Waals surface area (Å²) in [4.78, 5) is 13.8. The summed E-state index contributed by atoms with van der Waals surface area (Å²) in [5.74, 6) is -0.802. The van der Waals surface area contributed by atoms with Crippen LogP contribution in [-0.4, -0.2) is 28.6 Å². The summed E-state index contributed by atoms with van der Waals surface area (Å²) in [6.45, 7) is 0.698. The molecule has 2 aromatic carbocycles. The van der Waals surface area contributed by atoms with Gasteiger partial charge >= 0.3 is 5.97 Å². The summed E-state index contributed by atoms with van der Waals surface area (Å²) in [7, 11) is 0. The lowest BCUT2D eigenvalue weighted by Crippen LogP contribution is -2.46. The van der Waals surface area contributed by atoms with E-state index in [1.54, 1.807) is 12.1 Å². The molecule has 1 N–H and O–H groups in total. The quantitative estimate of drug-likeness (QED) is 0.720. The Labute approximate surface area is 162 Å². The summed E-state index contributed by atoms with van der Waals surface area (Å²) in [6, 6.07) is 12.0. The van der Waals surface area contributed by atoms with Gasteiger partial charge in [0.25, 0.3) is 0 Å². The van der Waals surface area contributed by atoms with Crippen molar-refractivity contribution in [3.8, 4) is 0 Å². The second kappa shape index (κ2) is 7.96. The van der Waals surface area contributed by atoms with Gasteiger partial charge in [-0.1, -0.05) is 59.4 Å². The predicted molar refractivity (Wildman–Crippen MR) is 102 cm³/mol. The average molecular weight is 399 g/mol. The molecule has 132 valence electrons. The maximum atomic E-state index is 11.8. The Hall–Kier alpha value is -1.26.